The lowest BCUT2D eigenvalue weighted by molar-refractivity contribution is 0.324. The van der Waals surface area contributed by atoms with Crippen LogP contribution in [0.3, 0.4) is 0 Å². The number of nitrogens with two attached hydrogens (primary N) is 1. The fourth-order valence-electron chi connectivity index (χ4n) is 2.13. The number of nitrogen functional groups attached to an aromatic ring is 1. The van der Waals surface area contributed by atoms with Crippen LogP contribution in [0.4, 0.5) is 11.4 Å². The summed E-state index contributed by atoms with van der Waals surface area (Å²) in [5.41, 5.74) is 7.81. The van der Waals surface area contributed by atoms with Crippen LogP contribution in [0.25, 0.3) is 0 Å². The summed E-state index contributed by atoms with van der Waals surface area (Å²) in [6, 6.07) is 7.19. The molecule has 0 radical (unpaired) electrons. The van der Waals surface area contributed by atoms with Gasteiger partial charge >= 0.3 is 0 Å². The van der Waals surface area contributed by atoms with Crippen LogP contribution in [0.1, 0.15) is 5.56 Å². The Labute approximate surface area is 145 Å². The second-order valence-electron chi connectivity index (χ2n) is 4.74. The molecule has 3 N–H and O–H groups in total. The molecule has 0 amide bonds. The van der Waals surface area contributed by atoms with Gasteiger partial charge in [0.05, 0.1) is 37.1 Å². The lowest BCUT2D eigenvalue weighted by atomic mass is 10.1. The minimum atomic E-state index is 0.367. The van der Waals surface area contributed by atoms with Crippen molar-refractivity contribution >= 4 is 34.6 Å². The average molecular weight is 357 g/mol. The van der Waals surface area contributed by atoms with Gasteiger partial charge in [-0.2, -0.15) is 0 Å². The number of rotatable bonds is 6. The standard InChI is InChI=1S/C16H18Cl2N2O3/c1-21-13-4-9(5-14(22-2)16(13)23-3)8-20-10-6-11(17)15(19)12(18)7-10/h4-7,20H,8,19H2,1-3H3. The van der Waals surface area contributed by atoms with Crippen molar-refractivity contribution < 1.29 is 14.2 Å². The first-order valence-electron chi connectivity index (χ1n) is 6.77. The topological polar surface area (TPSA) is 65.7 Å². The largest absolute Gasteiger partial charge is 0.493 e. The molecule has 0 saturated carbocycles. The molecule has 5 nitrogen and oxygen atoms in total. The molecule has 0 aliphatic carbocycles. The van der Waals surface area contributed by atoms with Crippen molar-refractivity contribution in [2.75, 3.05) is 32.4 Å². The van der Waals surface area contributed by atoms with E-state index >= 15 is 0 Å². The van der Waals surface area contributed by atoms with E-state index in [1.807, 2.05) is 12.1 Å². The van der Waals surface area contributed by atoms with Crippen LogP contribution in [0.5, 0.6) is 17.2 Å². The van der Waals surface area contributed by atoms with Gasteiger partial charge in [0.15, 0.2) is 11.5 Å². The van der Waals surface area contributed by atoms with Gasteiger partial charge in [-0.3, -0.25) is 0 Å². The zero-order chi connectivity index (χ0) is 17.0. The Hall–Kier alpha value is -1.98. The number of hydrogen-bond acceptors (Lipinski definition) is 5. The lowest BCUT2D eigenvalue weighted by Gasteiger charge is -2.15. The summed E-state index contributed by atoms with van der Waals surface area (Å²) >= 11 is 12.1. The molecule has 0 saturated heterocycles. The number of hydrogen-bond donors (Lipinski definition) is 2. The van der Waals surface area contributed by atoms with Crippen LogP contribution in [0, 0.1) is 0 Å². The Morgan fingerprint density at radius 2 is 1.43 bits per heavy atom. The van der Waals surface area contributed by atoms with Gasteiger partial charge in [-0.05, 0) is 29.8 Å². The number of nitrogens with one attached hydrogen (secondary N) is 1. The molecule has 0 spiro atoms. The monoisotopic (exact) mass is 356 g/mol. The first kappa shape index (κ1) is 17.4. The number of methoxy groups -OCH3 is 3. The second kappa shape index (κ2) is 7.53. The zero-order valence-corrected chi connectivity index (χ0v) is 14.6. The highest BCUT2D eigenvalue weighted by Crippen LogP contribution is 2.38. The van der Waals surface area contributed by atoms with Crippen LogP contribution >= 0.6 is 23.2 Å². The summed E-state index contributed by atoms with van der Waals surface area (Å²) in [6.07, 6.45) is 0. The molecule has 0 atom stereocenters. The summed E-state index contributed by atoms with van der Waals surface area (Å²) in [6.45, 7) is 0.521. The van der Waals surface area contributed by atoms with Crippen molar-refractivity contribution in [2.24, 2.45) is 0 Å². The van der Waals surface area contributed by atoms with Gasteiger partial charge < -0.3 is 25.3 Å². The third-order valence-corrected chi connectivity index (χ3v) is 3.93. The fourth-order valence-corrected chi connectivity index (χ4v) is 2.61. The van der Waals surface area contributed by atoms with E-state index in [4.69, 9.17) is 43.1 Å². The van der Waals surface area contributed by atoms with Gasteiger partial charge in [0.2, 0.25) is 5.75 Å². The van der Waals surface area contributed by atoms with Crippen LogP contribution in [-0.2, 0) is 6.54 Å². The maximum absolute atomic E-state index is 6.03. The van der Waals surface area contributed by atoms with Crippen LogP contribution < -0.4 is 25.3 Å². The van der Waals surface area contributed by atoms with Crippen molar-refractivity contribution in [2.45, 2.75) is 6.54 Å². The molecule has 2 aromatic rings. The molecular formula is C16H18Cl2N2O3. The van der Waals surface area contributed by atoms with Gasteiger partial charge in [-0.15, -0.1) is 0 Å². The number of anilines is 2. The van der Waals surface area contributed by atoms with Gasteiger partial charge in [-0.1, -0.05) is 23.2 Å². The lowest BCUT2D eigenvalue weighted by Crippen LogP contribution is -2.03. The first-order valence-corrected chi connectivity index (χ1v) is 7.53. The minimum absolute atomic E-state index is 0.367. The van der Waals surface area contributed by atoms with Crippen molar-refractivity contribution in [1.29, 1.82) is 0 Å². The fraction of sp³-hybridized carbons (Fsp3) is 0.250. The van der Waals surface area contributed by atoms with Gasteiger partial charge in [0.1, 0.15) is 0 Å². The van der Waals surface area contributed by atoms with Crippen molar-refractivity contribution in [3.05, 3.63) is 39.9 Å². The molecule has 0 unspecified atom stereocenters. The Kier molecular flexibility index (Phi) is 5.69. The molecule has 124 valence electrons. The summed E-state index contributed by atoms with van der Waals surface area (Å²) < 4.78 is 16.0. The van der Waals surface area contributed by atoms with E-state index in [1.54, 1.807) is 33.5 Å². The van der Waals surface area contributed by atoms with E-state index in [1.165, 1.54) is 0 Å². The summed E-state index contributed by atoms with van der Waals surface area (Å²) in [4.78, 5) is 0. The smallest absolute Gasteiger partial charge is 0.203 e. The van der Waals surface area contributed by atoms with Gasteiger partial charge in [-0.25, -0.2) is 0 Å². The number of halogens is 2. The molecule has 0 bridgehead atoms. The Balaban J connectivity index is 2.24. The third kappa shape index (κ3) is 3.86. The molecule has 7 heteroatoms. The van der Waals surface area contributed by atoms with E-state index in [-0.39, 0.29) is 0 Å². The van der Waals surface area contributed by atoms with Crippen LogP contribution in [0.2, 0.25) is 10.0 Å². The third-order valence-electron chi connectivity index (χ3n) is 3.30. The van der Waals surface area contributed by atoms with E-state index < -0.39 is 0 Å². The van der Waals surface area contributed by atoms with Gasteiger partial charge in [0, 0.05) is 12.2 Å². The summed E-state index contributed by atoms with van der Waals surface area (Å²) in [5, 5.41) is 4.05. The maximum atomic E-state index is 6.03. The Bertz CT molecular complexity index is 660. The highest BCUT2D eigenvalue weighted by molar-refractivity contribution is 6.39. The first-order chi connectivity index (χ1) is 11.0. The molecular weight excluding hydrogens is 339 g/mol. The van der Waals surface area contributed by atoms with Crippen molar-refractivity contribution in [3.63, 3.8) is 0 Å². The maximum Gasteiger partial charge on any atom is 0.203 e. The van der Waals surface area contributed by atoms with Crippen LogP contribution in [-0.4, -0.2) is 21.3 Å². The van der Waals surface area contributed by atoms with Crippen molar-refractivity contribution in [3.8, 4) is 17.2 Å². The van der Waals surface area contributed by atoms with E-state index in [0.717, 1.165) is 11.3 Å². The predicted molar refractivity (Wildman–Crippen MR) is 94.3 cm³/mol. The highest BCUT2D eigenvalue weighted by Gasteiger charge is 2.13. The zero-order valence-electron chi connectivity index (χ0n) is 13.1. The normalized spacial score (nSPS) is 10.3. The quantitative estimate of drug-likeness (QED) is 0.758. The van der Waals surface area contributed by atoms with Crippen LogP contribution in [0.15, 0.2) is 24.3 Å². The molecule has 0 fully saturated rings. The van der Waals surface area contributed by atoms with E-state index in [9.17, 15) is 0 Å². The molecule has 0 aliphatic heterocycles. The second-order valence-corrected chi connectivity index (χ2v) is 5.56. The minimum Gasteiger partial charge on any atom is -0.493 e. The molecule has 2 aromatic carbocycles. The molecule has 2 rings (SSSR count). The summed E-state index contributed by atoms with van der Waals surface area (Å²) in [5.74, 6) is 1.74. The number of benzene rings is 2. The highest BCUT2D eigenvalue weighted by atomic mass is 35.5. The number of ether oxygens (including phenoxy) is 3. The predicted octanol–water partition coefficient (Wildman–Crippen LogP) is 4.21. The average Bonchev–Trinajstić information content (AvgIpc) is 2.56. The molecule has 23 heavy (non-hydrogen) atoms. The van der Waals surface area contributed by atoms with E-state index in [0.29, 0.717) is 39.5 Å². The van der Waals surface area contributed by atoms with E-state index in [2.05, 4.69) is 5.32 Å². The Morgan fingerprint density at radius 3 is 1.87 bits per heavy atom. The molecule has 0 heterocycles. The molecule has 0 aromatic heterocycles. The van der Waals surface area contributed by atoms with Gasteiger partial charge in [0.25, 0.3) is 0 Å². The summed E-state index contributed by atoms with van der Waals surface area (Å²) in [7, 11) is 4.72. The molecule has 0 aliphatic rings. The Morgan fingerprint density at radius 1 is 0.913 bits per heavy atom. The SMILES string of the molecule is COc1cc(CNc2cc(Cl)c(N)c(Cl)c2)cc(OC)c1OC. The van der Waals surface area contributed by atoms with Crippen molar-refractivity contribution in [1.82, 2.24) is 0 Å².